The van der Waals surface area contributed by atoms with E-state index in [1.54, 1.807) is 30.3 Å². The number of hydrogen-bond donors (Lipinski definition) is 2. The van der Waals surface area contributed by atoms with Gasteiger partial charge in [-0.15, -0.1) is 0 Å². The number of carboxylic acids is 1. The van der Waals surface area contributed by atoms with Crippen LogP contribution in [0.5, 0.6) is 0 Å². The molecule has 1 atom stereocenters. The Labute approximate surface area is 152 Å². The molecule has 3 rings (SSSR count). The van der Waals surface area contributed by atoms with Gasteiger partial charge in [-0.05, 0) is 23.3 Å². The second kappa shape index (κ2) is 6.70. The molecule has 2 aromatic carbocycles. The van der Waals surface area contributed by atoms with Crippen LogP contribution in [-0.2, 0) is 0 Å². The molecule has 8 heteroatoms. The topological polar surface area (TPSA) is 77.8 Å². The Morgan fingerprint density at radius 1 is 0.963 bits per heavy atom. The minimum absolute atomic E-state index is 0.0223. The minimum atomic E-state index is -4.84. The molecule has 0 aliphatic carbocycles. The first-order valence-electron chi connectivity index (χ1n) is 8.14. The van der Waals surface area contributed by atoms with E-state index in [9.17, 15) is 33.0 Å². The molecule has 1 fully saturated rings. The molecule has 1 aliphatic heterocycles. The largest absolute Gasteiger partial charge is 0.478 e. The number of aliphatic hydroxyl groups is 1. The van der Waals surface area contributed by atoms with Gasteiger partial charge in [-0.3, -0.25) is 4.79 Å². The predicted octanol–water partition coefficient (Wildman–Crippen LogP) is 3.19. The third-order valence-corrected chi connectivity index (χ3v) is 4.67. The molecule has 2 aromatic rings. The molecule has 0 saturated carbocycles. The first-order valence-corrected chi connectivity index (χ1v) is 8.14. The highest BCUT2D eigenvalue weighted by Crippen LogP contribution is 2.38. The number of carbonyl (C=O) groups excluding carboxylic acids is 1. The predicted molar refractivity (Wildman–Crippen MR) is 90.4 cm³/mol. The summed E-state index contributed by atoms with van der Waals surface area (Å²) in [5.74, 6) is -1.87. The van der Waals surface area contributed by atoms with Crippen LogP contribution in [0.25, 0.3) is 11.1 Å². The number of likely N-dealkylation sites (tertiary alicyclic amines) is 1. The molecule has 0 spiro atoms. The standard InChI is InChI=1S/C19H16F3NO4/c20-19(21,22)18(27)9-10-23(11-18)16(24)14-7-3-1-5-12(14)13-6-2-4-8-15(13)17(25)26/h1-8,27H,9-11H2,(H,25,26). The lowest BCUT2D eigenvalue weighted by molar-refractivity contribution is -0.253. The van der Waals surface area contributed by atoms with E-state index in [0.29, 0.717) is 11.1 Å². The van der Waals surface area contributed by atoms with Crippen molar-refractivity contribution in [2.75, 3.05) is 13.1 Å². The van der Waals surface area contributed by atoms with Gasteiger partial charge in [-0.1, -0.05) is 36.4 Å². The maximum Gasteiger partial charge on any atom is 0.419 e. The zero-order valence-electron chi connectivity index (χ0n) is 14.0. The first-order chi connectivity index (χ1) is 12.6. The quantitative estimate of drug-likeness (QED) is 0.859. The van der Waals surface area contributed by atoms with E-state index in [-0.39, 0.29) is 17.7 Å². The number of amides is 1. The van der Waals surface area contributed by atoms with Gasteiger partial charge >= 0.3 is 12.1 Å². The number of carboxylic acid groups (broad SMARTS) is 1. The Kier molecular flexibility index (Phi) is 4.69. The zero-order chi connectivity index (χ0) is 19.8. The highest BCUT2D eigenvalue weighted by Gasteiger charge is 2.57. The van der Waals surface area contributed by atoms with Crippen molar-refractivity contribution in [2.24, 2.45) is 0 Å². The van der Waals surface area contributed by atoms with Gasteiger partial charge in [0.25, 0.3) is 5.91 Å². The summed E-state index contributed by atoms with van der Waals surface area (Å²) in [5.41, 5.74) is -2.28. The number of alkyl halides is 3. The van der Waals surface area contributed by atoms with Gasteiger partial charge in [0.15, 0.2) is 5.60 Å². The summed E-state index contributed by atoms with van der Waals surface area (Å²) in [6.07, 6.45) is -5.44. The molecule has 142 valence electrons. The molecule has 5 nitrogen and oxygen atoms in total. The molecular formula is C19H16F3NO4. The summed E-state index contributed by atoms with van der Waals surface area (Å²) in [6.45, 7) is -1.10. The molecule has 1 saturated heterocycles. The van der Waals surface area contributed by atoms with Crippen LogP contribution < -0.4 is 0 Å². The van der Waals surface area contributed by atoms with E-state index in [1.807, 2.05) is 0 Å². The average Bonchev–Trinajstić information content (AvgIpc) is 3.04. The van der Waals surface area contributed by atoms with Crippen LogP contribution in [0.2, 0.25) is 0 Å². The molecule has 1 amide bonds. The fraction of sp³-hybridized carbons (Fsp3) is 0.263. The summed E-state index contributed by atoms with van der Waals surface area (Å²) >= 11 is 0. The lowest BCUT2D eigenvalue weighted by Gasteiger charge is -2.26. The molecule has 1 aliphatic rings. The zero-order valence-corrected chi connectivity index (χ0v) is 14.0. The van der Waals surface area contributed by atoms with Gasteiger partial charge in [-0.25, -0.2) is 4.79 Å². The number of rotatable bonds is 3. The van der Waals surface area contributed by atoms with Gasteiger partial charge in [0.2, 0.25) is 0 Å². The molecule has 0 aromatic heterocycles. The Hall–Kier alpha value is -2.87. The molecular weight excluding hydrogens is 363 g/mol. The number of aromatic carboxylic acids is 1. The molecule has 0 bridgehead atoms. The molecule has 1 unspecified atom stereocenters. The van der Waals surface area contributed by atoms with Gasteiger partial charge in [0.05, 0.1) is 12.1 Å². The van der Waals surface area contributed by atoms with Crippen LogP contribution in [0.4, 0.5) is 13.2 Å². The van der Waals surface area contributed by atoms with Gasteiger partial charge in [0, 0.05) is 18.5 Å². The van der Waals surface area contributed by atoms with Gasteiger partial charge < -0.3 is 15.1 Å². The van der Waals surface area contributed by atoms with Crippen molar-refractivity contribution in [2.45, 2.75) is 18.2 Å². The van der Waals surface area contributed by atoms with Crippen molar-refractivity contribution in [1.29, 1.82) is 0 Å². The van der Waals surface area contributed by atoms with E-state index in [1.165, 1.54) is 18.2 Å². The minimum Gasteiger partial charge on any atom is -0.478 e. The summed E-state index contributed by atoms with van der Waals surface area (Å²) < 4.78 is 39.1. The number of benzene rings is 2. The number of nitrogens with zero attached hydrogens (tertiary/aromatic N) is 1. The normalized spacial score (nSPS) is 19.9. The number of carbonyl (C=O) groups is 2. The van der Waals surface area contributed by atoms with E-state index in [2.05, 4.69) is 0 Å². The fourth-order valence-electron chi connectivity index (χ4n) is 3.18. The Morgan fingerprint density at radius 3 is 2.00 bits per heavy atom. The van der Waals surface area contributed by atoms with Gasteiger partial charge in [-0.2, -0.15) is 13.2 Å². The van der Waals surface area contributed by atoms with Crippen molar-refractivity contribution >= 4 is 11.9 Å². The highest BCUT2D eigenvalue weighted by molar-refractivity contribution is 6.04. The van der Waals surface area contributed by atoms with E-state index in [0.717, 1.165) is 4.90 Å². The lowest BCUT2D eigenvalue weighted by atomic mass is 9.94. The van der Waals surface area contributed by atoms with Crippen molar-refractivity contribution in [3.63, 3.8) is 0 Å². The lowest BCUT2D eigenvalue weighted by Crippen LogP contribution is -2.48. The first kappa shape index (κ1) is 18.9. The summed E-state index contributed by atoms with van der Waals surface area (Å²) in [4.78, 5) is 25.3. The smallest absolute Gasteiger partial charge is 0.419 e. The Morgan fingerprint density at radius 2 is 1.48 bits per heavy atom. The van der Waals surface area contributed by atoms with Crippen molar-refractivity contribution in [3.8, 4) is 11.1 Å². The van der Waals surface area contributed by atoms with Crippen LogP contribution in [-0.4, -0.2) is 51.9 Å². The maximum atomic E-state index is 13.0. The molecule has 27 heavy (non-hydrogen) atoms. The molecule has 2 N–H and O–H groups in total. The Balaban J connectivity index is 1.99. The van der Waals surface area contributed by atoms with Crippen molar-refractivity contribution < 1.29 is 33.0 Å². The van der Waals surface area contributed by atoms with E-state index >= 15 is 0 Å². The average molecular weight is 379 g/mol. The second-order valence-electron chi connectivity index (χ2n) is 6.40. The summed E-state index contributed by atoms with van der Waals surface area (Å²) in [5, 5.41) is 19.2. The van der Waals surface area contributed by atoms with Crippen LogP contribution in [0.1, 0.15) is 27.1 Å². The van der Waals surface area contributed by atoms with E-state index in [4.69, 9.17) is 0 Å². The molecule has 1 heterocycles. The molecule has 0 radical (unpaired) electrons. The Bertz CT molecular complexity index is 897. The van der Waals surface area contributed by atoms with Crippen LogP contribution in [0.15, 0.2) is 48.5 Å². The second-order valence-corrected chi connectivity index (χ2v) is 6.40. The van der Waals surface area contributed by atoms with Crippen LogP contribution >= 0.6 is 0 Å². The van der Waals surface area contributed by atoms with Gasteiger partial charge in [0.1, 0.15) is 0 Å². The maximum absolute atomic E-state index is 13.0. The number of hydrogen-bond acceptors (Lipinski definition) is 3. The van der Waals surface area contributed by atoms with Crippen LogP contribution in [0, 0.1) is 0 Å². The van der Waals surface area contributed by atoms with Crippen molar-refractivity contribution in [1.82, 2.24) is 4.90 Å². The monoisotopic (exact) mass is 379 g/mol. The van der Waals surface area contributed by atoms with Crippen molar-refractivity contribution in [3.05, 3.63) is 59.7 Å². The highest BCUT2D eigenvalue weighted by atomic mass is 19.4. The third kappa shape index (κ3) is 3.40. The number of β-amino-alcohol motifs (C(OH)–C–C–N with tert-alkyl or cyclic N) is 1. The van der Waals surface area contributed by atoms with E-state index < -0.39 is 36.6 Å². The SMILES string of the molecule is O=C(O)c1ccccc1-c1ccccc1C(=O)N1CCC(O)(C(F)(F)F)C1. The number of halogens is 3. The third-order valence-electron chi connectivity index (χ3n) is 4.67. The summed E-state index contributed by atoms with van der Waals surface area (Å²) in [6, 6.07) is 12.2. The fourth-order valence-corrected chi connectivity index (χ4v) is 3.18. The van der Waals surface area contributed by atoms with Crippen LogP contribution in [0.3, 0.4) is 0 Å². The summed E-state index contributed by atoms with van der Waals surface area (Å²) in [7, 11) is 0.